The van der Waals surface area contributed by atoms with Crippen LogP contribution in [0.2, 0.25) is 0 Å². The first-order valence-corrected chi connectivity index (χ1v) is 11.3. The second-order valence-electron chi connectivity index (χ2n) is 8.52. The van der Waals surface area contributed by atoms with Crippen molar-refractivity contribution >= 4 is 17.6 Å². The molecule has 5 heteroatoms. The molecule has 7 atom stereocenters. The number of rotatable bonds is 13. The van der Waals surface area contributed by atoms with Crippen LogP contribution in [0.5, 0.6) is 0 Å². The topological polar surface area (TPSA) is 77.8 Å². The van der Waals surface area contributed by atoms with Gasteiger partial charge in [-0.15, -0.1) is 11.6 Å². The number of halogens is 1. The van der Waals surface area contributed by atoms with Gasteiger partial charge in [-0.3, -0.25) is 4.79 Å². The number of carbonyl (C=O) groups is 1. The van der Waals surface area contributed by atoms with Gasteiger partial charge in [0.2, 0.25) is 0 Å². The molecular formula is C23H39ClO4. The molecule has 1 fully saturated rings. The van der Waals surface area contributed by atoms with Crippen molar-refractivity contribution < 1.29 is 20.1 Å². The molecule has 0 amide bonds. The van der Waals surface area contributed by atoms with E-state index in [1.54, 1.807) is 6.92 Å². The Labute approximate surface area is 175 Å². The third-order valence-corrected chi connectivity index (χ3v) is 6.38. The Bertz CT molecular complexity index is 505. The zero-order chi connectivity index (χ0) is 21.1. The van der Waals surface area contributed by atoms with Crippen LogP contribution < -0.4 is 0 Å². The van der Waals surface area contributed by atoms with E-state index in [-0.39, 0.29) is 23.1 Å². The van der Waals surface area contributed by atoms with Crippen molar-refractivity contribution in [2.24, 2.45) is 23.7 Å². The summed E-state index contributed by atoms with van der Waals surface area (Å²) in [4.78, 5) is 10.8. The first-order valence-electron chi connectivity index (χ1n) is 10.8. The van der Waals surface area contributed by atoms with Gasteiger partial charge in [-0.25, -0.2) is 0 Å². The number of carboxylic acids is 1. The molecule has 28 heavy (non-hydrogen) atoms. The van der Waals surface area contributed by atoms with Crippen LogP contribution in [0.3, 0.4) is 0 Å². The van der Waals surface area contributed by atoms with Crippen molar-refractivity contribution in [3.05, 3.63) is 24.3 Å². The minimum Gasteiger partial charge on any atom is -0.481 e. The summed E-state index contributed by atoms with van der Waals surface area (Å²) < 4.78 is 0. The van der Waals surface area contributed by atoms with E-state index in [1.165, 1.54) is 12.8 Å². The number of allylic oxidation sites excluding steroid dienone is 2. The van der Waals surface area contributed by atoms with Crippen LogP contribution in [0.1, 0.15) is 72.1 Å². The smallest absolute Gasteiger partial charge is 0.306 e. The predicted molar refractivity (Wildman–Crippen MR) is 115 cm³/mol. The van der Waals surface area contributed by atoms with Gasteiger partial charge in [0, 0.05) is 11.3 Å². The lowest BCUT2D eigenvalue weighted by molar-refractivity contribution is -0.141. The highest BCUT2D eigenvalue weighted by molar-refractivity contribution is 6.21. The van der Waals surface area contributed by atoms with Gasteiger partial charge in [-0.1, -0.05) is 64.3 Å². The second-order valence-corrected chi connectivity index (χ2v) is 9.08. The number of aliphatic hydroxyl groups is 2. The summed E-state index contributed by atoms with van der Waals surface area (Å²) in [6.45, 7) is 6.06. The van der Waals surface area contributed by atoms with E-state index in [9.17, 15) is 15.0 Å². The van der Waals surface area contributed by atoms with Crippen LogP contribution in [0.4, 0.5) is 0 Å². The number of hydrogen-bond donors (Lipinski definition) is 3. The number of aliphatic hydroxyl groups excluding tert-OH is 2. The molecule has 0 spiro atoms. The molecule has 0 aromatic heterocycles. The average Bonchev–Trinajstić information content (AvgIpc) is 2.90. The number of carboxylic acid groups (broad SMARTS) is 1. The largest absolute Gasteiger partial charge is 0.481 e. The lowest BCUT2D eigenvalue weighted by Crippen LogP contribution is -2.19. The van der Waals surface area contributed by atoms with E-state index in [4.69, 9.17) is 16.7 Å². The summed E-state index contributed by atoms with van der Waals surface area (Å²) in [5.74, 6) is -0.534. The van der Waals surface area contributed by atoms with Crippen LogP contribution in [0, 0.1) is 23.7 Å². The van der Waals surface area contributed by atoms with Crippen molar-refractivity contribution in [2.45, 2.75) is 89.7 Å². The first kappa shape index (κ1) is 25.2. The predicted octanol–water partition coefficient (Wildman–Crippen LogP) is 5.17. The van der Waals surface area contributed by atoms with Gasteiger partial charge < -0.3 is 15.3 Å². The van der Waals surface area contributed by atoms with Crippen LogP contribution in [-0.2, 0) is 4.79 Å². The molecule has 1 unspecified atom stereocenters. The molecule has 0 aromatic carbocycles. The zero-order valence-electron chi connectivity index (χ0n) is 17.6. The minimum atomic E-state index is -0.763. The lowest BCUT2D eigenvalue weighted by atomic mass is 9.89. The molecule has 0 saturated heterocycles. The highest BCUT2D eigenvalue weighted by Gasteiger charge is 2.39. The van der Waals surface area contributed by atoms with Crippen molar-refractivity contribution in [1.29, 1.82) is 0 Å². The molecule has 1 rings (SSSR count). The van der Waals surface area contributed by atoms with Crippen LogP contribution in [0.25, 0.3) is 0 Å². The molecule has 0 radical (unpaired) electrons. The quantitative estimate of drug-likeness (QED) is 0.287. The molecule has 0 aromatic rings. The maximum atomic E-state index is 10.8. The Morgan fingerprint density at radius 3 is 2.61 bits per heavy atom. The Kier molecular flexibility index (Phi) is 12.1. The van der Waals surface area contributed by atoms with Gasteiger partial charge >= 0.3 is 5.97 Å². The number of hydrogen-bond acceptors (Lipinski definition) is 3. The third kappa shape index (κ3) is 9.11. The SMILES string of the molecule is CCCC[C@H](C)C[C@H](O)C=C[C@@H]1[C@@H](CC=CCCC(C)C(=O)O)[C@H](Cl)C[C@H]1O. The molecule has 162 valence electrons. The van der Waals surface area contributed by atoms with Gasteiger partial charge in [0.25, 0.3) is 0 Å². The van der Waals surface area contributed by atoms with Gasteiger partial charge in [0.15, 0.2) is 0 Å². The van der Waals surface area contributed by atoms with E-state index < -0.39 is 18.2 Å². The molecule has 4 nitrogen and oxygen atoms in total. The summed E-state index contributed by atoms with van der Waals surface area (Å²) in [5, 5.41) is 29.5. The van der Waals surface area contributed by atoms with E-state index in [0.717, 1.165) is 25.7 Å². The molecule has 1 saturated carbocycles. The molecule has 0 bridgehead atoms. The van der Waals surface area contributed by atoms with Crippen molar-refractivity contribution in [1.82, 2.24) is 0 Å². The molecule has 0 aliphatic heterocycles. The summed E-state index contributed by atoms with van der Waals surface area (Å²) in [6.07, 6.45) is 13.8. The first-order chi connectivity index (χ1) is 13.3. The van der Waals surface area contributed by atoms with Crippen molar-refractivity contribution in [3.63, 3.8) is 0 Å². The summed E-state index contributed by atoms with van der Waals surface area (Å²) in [7, 11) is 0. The van der Waals surface area contributed by atoms with E-state index in [0.29, 0.717) is 18.8 Å². The third-order valence-electron chi connectivity index (χ3n) is 5.88. The lowest BCUT2D eigenvalue weighted by Gasteiger charge is -2.20. The molecule has 3 N–H and O–H groups in total. The number of aliphatic carboxylic acids is 1. The van der Waals surface area contributed by atoms with Crippen LogP contribution >= 0.6 is 11.6 Å². The van der Waals surface area contributed by atoms with Crippen molar-refractivity contribution in [2.75, 3.05) is 0 Å². The van der Waals surface area contributed by atoms with E-state index >= 15 is 0 Å². The Balaban J connectivity index is 2.52. The highest BCUT2D eigenvalue weighted by Crippen LogP contribution is 2.39. The molecule has 1 aliphatic carbocycles. The molecule has 1 aliphatic rings. The summed E-state index contributed by atoms with van der Waals surface area (Å²) in [6, 6.07) is 0. The normalized spacial score (nSPS) is 28.8. The summed E-state index contributed by atoms with van der Waals surface area (Å²) in [5.41, 5.74) is 0. The monoisotopic (exact) mass is 414 g/mol. The van der Waals surface area contributed by atoms with E-state index in [1.807, 2.05) is 18.2 Å². The van der Waals surface area contributed by atoms with E-state index in [2.05, 4.69) is 19.9 Å². The summed E-state index contributed by atoms with van der Waals surface area (Å²) >= 11 is 6.46. The molecule has 0 heterocycles. The van der Waals surface area contributed by atoms with Gasteiger partial charge in [0.05, 0.1) is 18.1 Å². The highest BCUT2D eigenvalue weighted by atomic mass is 35.5. The number of alkyl halides is 1. The number of unbranched alkanes of at least 4 members (excludes halogenated alkanes) is 1. The Morgan fingerprint density at radius 1 is 1.25 bits per heavy atom. The van der Waals surface area contributed by atoms with Gasteiger partial charge in [-0.2, -0.15) is 0 Å². The standard InChI is InChI=1S/C23H39ClO4/c1-4-5-9-16(2)14-18(25)12-13-20-19(21(24)15-22(20)26)11-8-6-7-10-17(3)23(27)28/h6,8,12-13,16-22,25-26H,4-5,7,9-11,14-15H2,1-3H3,(H,27,28)/t16-,17?,18+,19+,20+,21+,22+/m0/s1. The maximum absolute atomic E-state index is 10.8. The Hall–Kier alpha value is -0.840. The fourth-order valence-corrected chi connectivity index (χ4v) is 4.38. The fourth-order valence-electron chi connectivity index (χ4n) is 3.92. The van der Waals surface area contributed by atoms with Crippen molar-refractivity contribution in [3.8, 4) is 0 Å². The zero-order valence-corrected chi connectivity index (χ0v) is 18.4. The van der Waals surface area contributed by atoms with Crippen LogP contribution in [0.15, 0.2) is 24.3 Å². The maximum Gasteiger partial charge on any atom is 0.306 e. The Morgan fingerprint density at radius 2 is 1.96 bits per heavy atom. The fraction of sp³-hybridized carbons (Fsp3) is 0.783. The van der Waals surface area contributed by atoms with Gasteiger partial charge in [-0.05, 0) is 43.9 Å². The van der Waals surface area contributed by atoms with Crippen LogP contribution in [-0.4, -0.2) is 38.9 Å². The second kappa shape index (κ2) is 13.4. The minimum absolute atomic E-state index is 0.0503. The average molecular weight is 415 g/mol. The van der Waals surface area contributed by atoms with Gasteiger partial charge in [0.1, 0.15) is 0 Å². The molecular weight excluding hydrogens is 376 g/mol.